The van der Waals surface area contributed by atoms with E-state index in [-0.39, 0.29) is 11.6 Å². The number of rotatable bonds is 2. The largest absolute Gasteiger partial charge is 0.399 e. The first-order chi connectivity index (χ1) is 8.95. The average Bonchev–Trinajstić information content (AvgIpc) is 2.31. The summed E-state index contributed by atoms with van der Waals surface area (Å²) in [7, 11) is 0. The fourth-order valence-electron chi connectivity index (χ4n) is 1.77. The van der Waals surface area contributed by atoms with E-state index in [0.29, 0.717) is 11.3 Å². The number of nitrogens with one attached hydrogen (secondary N) is 1. The zero-order valence-corrected chi connectivity index (χ0v) is 10.8. The van der Waals surface area contributed by atoms with Gasteiger partial charge >= 0.3 is 0 Å². The molecule has 0 aliphatic heterocycles. The molecule has 19 heavy (non-hydrogen) atoms. The summed E-state index contributed by atoms with van der Waals surface area (Å²) in [6.07, 6.45) is 0. The molecule has 2 rings (SSSR count). The molecule has 1 amide bonds. The number of nitrogens with two attached hydrogens (primary N) is 1. The normalized spacial score (nSPS) is 10.3. The van der Waals surface area contributed by atoms with Crippen LogP contribution in [-0.2, 0) is 0 Å². The van der Waals surface area contributed by atoms with E-state index in [1.165, 1.54) is 18.2 Å². The number of benzene rings is 2. The van der Waals surface area contributed by atoms with Gasteiger partial charge in [0.05, 0.1) is 0 Å². The van der Waals surface area contributed by atoms with E-state index in [2.05, 4.69) is 5.32 Å². The van der Waals surface area contributed by atoms with Crippen molar-refractivity contribution < 1.29 is 9.18 Å². The number of hydrogen-bond donors (Lipinski definition) is 2. The highest BCUT2D eigenvalue weighted by atomic mass is 19.1. The molecule has 0 spiro atoms. The quantitative estimate of drug-likeness (QED) is 0.812. The highest BCUT2D eigenvalue weighted by Gasteiger charge is 2.08. The molecule has 0 bridgehead atoms. The summed E-state index contributed by atoms with van der Waals surface area (Å²) in [4.78, 5) is 12.0. The van der Waals surface area contributed by atoms with Gasteiger partial charge in [-0.25, -0.2) is 4.39 Å². The predicted octanol–water partition coefficient (Wildman–Crippen LogP) is 3.28. The first kappa shape index (κ1) is 13.1. The lowest BCUT2D eigenvalue weighted by molar-refractivity contribution is 0.102. The van der Waals surface area contributed by atoms with Gasteiger partial charge < -0.3 is 11.1 Å². The molecule has 0 radical (unpaired) electrons. The Morgan fingerprint density at radius 3 is 2.47 bits per heavy atom. The Kier molecular flexibility index (Phi) is 3.51. The summed E-state index contributed by atoms with van der Waals surface area (Å²) in [6.45, 7) is 3.91. The van der Waals surface area contributed by atoms with Gasteiger partial charge in [0.2, 0.25) is 0 Å². The van der Waals surface area contributed by atoms with E-state index in [1.807, 2.05) is 19.9 Å². The minimum atomic E-state index is -0.476. The van der Waals surface area contributed by atoms with Crippen molar-refractivity contribution in [3.63, 3.8) is 0 Å². The Balaban J connectivity index is 2.22. The molecular weight excluding hydrogens is 243 g/mol. The summed E-state index contributed by atoms with van der Waals surface area (Å²) < 4.78 is 13.2. The highest BCUT2D eigenvalue weighted by Crippen LogP contribution is 2.17. The molecule has 2 aromatic carbocycles. The first-order valence-corrected chi connectivity index (χ1v) is 5.90. The van der Waals surface area contributed by atoms with E-state index < -0.39 is 5.82 Å². The van der Waals surface area contributed by atoms with Gasteiger partial charge in [0.25, 0.3) is 5.91 Å². The third kappa shape index (κ3) is 3.10. The summed E-state index contributed by atoms with van der Waals surface area (Å²) in [5.74, 6) is -0.761. The summed E-state index contributed by atoms with van der Waals surface area (Å²) in [6, 6.07) is 9.36. The van der Waals surface area contributed by atoms with Crippen LogP contribution in [0.1, 0.15) is 21.5 Å². The maximum atomic E-state index is 13.2. The van der Waals surface area contributed by atoms with Crippen LogP contribution >= 0.6 is 0 Å². The van der Waals surface area contributed by atoms with Crippen LogP contribution < -0.4 is 11.1 Å². The number of halogens is 1. The standard InChI is InChI=1S/C15H15FN2O/c1-9-3-4-11(5-10(9)2)15(19)18-14-7-12(16)6-13(17)8-14/h3-8H,17H2,1-2H3,(H,18,19). The van der Waals surface area contributed by atoms with Crippen molar-refractivity contribution in [2.45, 2.75) is 13.8 Å². The van der Waals surface area contributed by atoms with Crippen molar-refractivity contribution in [2.75, 3.05) is 11.1 Å². The Morgan fingerprint density at radius 2 is 1.84 bits per heavy atom. The van der Waals surface area contributed by atoms with E-state index in [4.69, 9.17) is 5.73 Å². The van der Waals surface area contributed by atoms with Gasteiger partial charge in [-0.05, 0) is 55.3 Å². The molecule has 0 atom stereocenters. The smallest absolute Gasteiger partial charge is 0.255 e. The molecular formula is C15H15FN2O. The first-order valence-electron chi connectivity index (χ1n) is 5.90. The maximum Gasteiger partial charge on any atom is 0.255 e. The third-order valence-corrected chi connectivity index (χ3v) is 2.95. The minimum absolute atomic E-state index is 0.274. The lowest BCUT2D eigenvalue weighted by Gasteiger charge is -2.08. The second kappa shape index (κ2) is 5.10. The Hall–Kier alpha value is -2.36. The SMILES string of the molecule is Cc1ccc(C(=O)Nc2cc(N)cc(F)c2)cc1C. The Morgan fingerprint density at radius 1 is 1.11 bits per heavy atom. The number of nitrogen functional groups attached to an aromatic ring is 1. The number of carbonyl (C=O) groups is 1. The molecule has 3 nitrogen and oxygen atoms in total. The zero-order valence-electron chi connectivity index (χ0n) is 10.8. The molecule has 0 aliphatic carbocycles. The van der Waals surface area contributed by atoms with Crippen LogP contribution in [0.3, 0.4) is 0 Å². The van der Waals surface area contributed by atoms with Gasteiger partial charge in [-0.3, -0.25) is 4.79 Å². The monoisotopic (exact) mass is 258 g/mol. The van der Waals surface area contributed by atoms with Crippen LogP contribution in [0.4, 0.5) is 15.8 Å². The Bertz CT molecular complexity index is 618. The molecule has 0 aromatic heterocycles. The molecule has 0 unspecified atom stereocenters. The molecule has 0 fully saturated rings. The van der Waals surface area contributed by atoms with E-state index in [0.717, 1.165) is 11.1 Å². The third-order valence-electron chi connectivity index (χ3n) is 2.95. The molecule has 0 saturated heterocycles. The van der Waals surface area contributed by atoms with Crippen molar-refractivity contribution in [3.8, 4) is 0 Å². The van der Waals surface area contributed by atoms with E-state index >= 15 is 0 Å². The van der Waals surface area contributed by atoms with E-state index in [1.54, 1.807) is 12.1 Å². The Labute approximate surface area is 111 Å². The van der Waals surface area contributed by atoms with Gasteiger partial charge in [0.1, 0.15) is 5.82 Å². The van der Waals surface area contributed by atoms with Crippen molar-refractivity contribution in [1.29, 1.82) is 0 Å². The number of hydrogen-bond acceptors (Lipinski definition) is 2. The van der Waals surface area contributed by atoms with Gasteiger partial charge in [0.15, 0.2) is 0 Å². The molecule has 0 aliphatic rings. The molecule has 0 heterocycles. The van der Waals surface area contributed by atoms with Crippen LogP contribution in [0.25, 0.3) is 0 Å². The van der Waals surface area contributed by atoms with Gasteiger partial charge in [-0.15, -0.1) is 0 Å². The van der Waals surface area contributed by atoms with Crippen LogP contribution in [0, 0.1) is 19.7 Å². The fraction of sp³-hybridized carbons (Fsp3) is 0.133. The fourth-order valence-corrected chi connectivity index (χ4v) is 1.77. The maximum absolute atomic E-state index is 13.2. The number of carbonyl (C=O) groups excluding carboxylic acids is 1. The van der Waals surface area contributed by atoms with Crippen LogP contribution in [0.15, 0.2) is 36.4 Å². The summed E-state index contributed by atoms with van der Waals surface area (Å²) in [5, 5.41) is 2.63. The highest BCUT2D eigenvalue weighted by molar-refractivity contribution is 6.04. The molecule has 3 N–H and O–H groups in total. The number of aryl methyl sites for hydroxylation is 2. The second-order valence-electron chi connectivity index (χ2n) is 4.53. The van der Waals surface area contributed by atoms with Gasteiger partial charge in [-0.1, -0.05) is 6.07 Å². The second-order valence-corrected chi connectivity index (χ2v) is 4.53. The van der Waals surface area contributed by atoms with Crippen molar-refractivity contribution in [1.82, 2.24) is 0 Å². The average molecular weight is 258 g/mol. The summed E-state index contributed by atoms with van der Waals surface area (Å²) in [5.41, 5.74) is 8.83. The molecule has 98 valence electrons. The lowest BCUT2D eigenvalue weighted by atomic mass is 10.1. The van der Waals surface area contributed by atoms with Crippen LogP contribution in [0.5, 0.6) is 0 Å². The molecule has 2 aromatic rings. The van der Waals surface area contributed by atoms with Crippen molar-refractivity contribution in [3.05, 3.63) is 58.9 Å². The summed E-state index contributed by atoms with van der Waals surface area (Å²) >= 11 is 0. The number of anilines is 2. The molecule has 4 heteroatoms. The topological polar surface area (TPSA) is 55.1 Å². The van der Waals surface area contributed by atoms with Gasteiger partial charge in [0, 0.05) is 16.9 Å². The van der Waals surface area contributed by atoms with Crippen LogP contribution in [0.2, 0.25) is 0 Å². The zero-order chi connectivity index (χ0) is 14.0. The van der Waals surface area contributed by atoms with Crippen molar-refractivity contribution >= 4 is 17.3 Å². The molecule has 0 saturated carbocycles. The van der Waals surface area contributed by atoms with Crippen molar-refractivity contribution in [2.24, 2.45) is 0 Å². The van der Waals surface area contributed by atoms with E-state index in [9.17, 15) is 9.18 Å². The lowest BCUT2D eigenvalue weighted by Crippen LogP contribution is -2.12. The van der Waals surface area contributed by atoms with Crippen LogP contribution in [-0.4, -0.2) is 5.91 Å². The predicted molar refractivity (Wildman–Crippen MR) is 74.7 cm³/mol. The number of amides is 1. The van der Waals surface area contributed by atoms with Gasteiger partial charge in [-0.2, -0.15) is 0 Å². The minimum Gasteiger partial charge on any atom is -0.399 e.